The lowest BCUT2D eigenvalue weighted by Gasteiger charge is -2.43. The number of rotatable bonds is 0. The normalized spacial score (nSPS) is 42.2. The minimum Gasteiger partial charge on any atom is -0.0810 e. The summed E-state index contributed by atoms with van der Waals surface area (Å²) in [5.41, 5.74) is 5.74. The standard InChI is InChI=1S/C18H24/c1-18-11-4-7-17(18)16-9-8-13-5-2-3-6-14(13)15(16)10-12-18/h5,10,12,16-17H,2-4,6-9,11H2,1H3. The third kappa shape index (κ3) is 1.44. The molecule has 3 atom stereocenters. The molecule has 96 valence electrons. The van der Waals surface area contributed by atoms with Gasteiger partial charge < -0.3 is 0 Å². The fraction of sp³-hybridized carbons (Fsp3) is 0.667. The fourth-order valence-corrected chi connectivity index (χ4v) is 5.12. The molecule has 0 heterocycles. The van der Waals surface area contributed by atoms with Crippen LogP contribution in [0.5, 0.6) is 0 Å². The van der Waals surface area contributed by atoms with Crippen LogP contribution in [0.2, 0.25) is 0 Å². The average molecular weight is 240 g/mol. The van der Waals surface area contributed by atoms with Gasteiger partial charge in [-0.3, -0.25) is 0 Å². The molecule has 0 aromatic heterocycles. The number of allylic oxidation sites excluding steroid dienone is 6. The molecule has 1 saturated carbocycles. The Morgan fingerprint density at radius 1 is 1.17 bits per heavy atom. The SMILES string of the molecule is CC12C=CC3=C4CCCC=C4CCC3C1CCC2. The molecule has 3 unspecified atom stereocenters. The van der Waals surface area contributed by atoms with Crippen LogP contribution < -0.4 is 0 Å². The first kappa shape index (κ1) is 11.1. The van der Waals surface area contributed by atoms with E-state index in [2.05, 4.69) is 25.2 Å². The van der Waals surface area contributed by atoms with Crippen LogP contribution in [0.4, 0.5) is 0 Å². The van der Waals surface area contributed by atoms with Crippen LogP contribution in [-0.2, 0) is 0 Å². The molecule has 0 aliphatic heterocycles. The largest absolute Gasteiger partial charge is 0.0810 e. The Morgan fingerprint density at radius 3 is 3.06 bits per heavy atom. The summed E-state index contributed by atoms with van der Waals surface area (Å²) >= 11 is 0. The average Bonchev–Trinajstić information content (AvgIpc) is 2.80. The van der Waals surface area contributed by atoms with Crippen molar-refractivity contribution in [1.82, 2.24) is 0 Å². The Bertz CT molecular complexity index is 462. The lowest BCUT2D eigenvalue weighted by atomic mass is 9.61. The quantitative estimate of drug-likeness (QED) is 0.547. The second-order valence-electron chi connectivity index (χ2n) is 7.04. The summed E-state index contributed by atoms with van der Waals surface area (Å²) < 4.78 is 0. The van der Waals surface area contributed by atoms with E-state index in [1.807, 2.05) is 0 Å². The van der Waals surface area contributed by atoms with Crippen molar-refractivity contribution >= 4 is 0 Å². The van der Waals surface area contributed by atoms with Gasteiger partial charge in [-0.05, 0) is 78.9 Å². The molecule has 0 radical (unpaired) electrons. The van der Waals surface area contributed by atoms with Crippen molar-refractivity contribution in [3.8, 4) is 0 Å². The van der Waals surface area contributed by atoms with E-state index in [9.17, 15) is 0 Å². The predicted molar refractivity (Wildman–Crippen MR) is 76.3 cm³/mol. The van der Waals surface area contributed by atoms with E-state index < -0.39 is 0 Å². The smallest absolute Gasteiger partial charge is 0.0109 e. The van der Waals surface area contributed by atoms with Gasteiger partial charge in [0.1, 0.15) is 0 Å². The van der Waals surface area contributed by atoms with Crippen molar-refractivity contribution < 1.29 is 0 Å². The van der Waals surface area contributed by atoms with Gasteiger partial charge in [0.2, 0.25) is 0 Å². The molecule has 4 rings (SSSR count). The van der Waals surface area contributed by atoms with Gasteiger partial charge in [0.15, 0.2) is 0 Å². The number of hydrogen-bond donors (Lipinski definition) is 0. The van der Waals surface area contributed by atoms with E-state index in [-0.39, 0.29) is 0 Å². The first-order valence-electron chi connectivity index (χ1n) is 7.90. The van der Waals surface area contributed by atoms with Crippen LogP contribution in [0.3, 0.4) is 0 Å². The molecule has 0 N–H and O–H groups in total. The van der Waals surface area contributed by atoms with E-state index >= 15 is 0 Å². The maximum atomic E-state index is 2.57. The second-order valence-corrected chi connectivity index (χ2v) is 7.04. The van der Waals surface area contributed by atoms with Crippen molar-refractivity contribution in [3.63, 3.8) is 0 Å². The second kappa shape index (κ2) is 3.85. The minimum atomic E-state index is 0.532. The molecular weight excluding hydrogens is 216 g/mol. The monoisotopic (exact) mass is 240 g/mol. The van der Waals surface area contributed by atoms with Crippen LogP contribution in [0.1, 0.15) is 58.3 Å². The van der Waals surface area contributed by atoms with Gasteiger partial charge in [-0.2, -0.15) is 0 Å². The molecule has 4 aliphatic rings. The van der Waals surface area contributed by atoms with E-state index in [4.69, 9.17) is 0 Å². The number of fused-ring (bicyclic) bond motifs is 4. The van der Waals surface area contributed by atoms with Crippen LogP contribution in [0, 0.1) is 17.3 Å². The molecule has 0 aromatic carbocycles. The first-order chi connectivity index (χ1) is 8.78. The summed E-state index contributed by atoms with van der Waals surface area (Å²) in [5, 5.41) is 0. The molecule has 1 fully saturated rings. The summed E-state index contributed by atoms with van der Waals surface area (Å²) in [6, 6.07) is 0. The van der Waals surface area contributed by atoms with Crippen LogP contribution >= 0.6 is 0 Å². The van der Waals surface area contributed by atoms with E-state index in [0.717, 1.165) is 11.8 Å². The van der Waals surface area contributed by atoms with Crippen molar-refractivity contribution in [3.05, 3.63) is 34.9 Å². The van der Waals surface area contributed by atoms with Crippen molar-refractivity contribution in [2.75, 3.05) is 0 Å². The highest BCUT2D eigenvalue weighted by atomic mass is 14.5. The van der Waals surface area contributed by atoms with Gasteiger partial charge in [-0.15, -0.1) is 0 Å². The summed E-state index contributed by atoms with van der Waals surface area (Å²) in [5.74, 6) is 1.85. The zero-order valence-electron chi connectivity index (χ0n) is 11.5. The van der Waals surface area contributed by atoms with Gasteiger partial charge in [-0.1, -0.05) is 31.6 Å². The fourth-order valence-electron chi connectivity index (χ4n) is 5.12. The first-order valence-corrected chi connectivity index (χ1v) is 7.90. The summed E-state index contributed by atoms with van der Waals surface area (Å²) in [6.07, 6.45) is 18.8. The maximum absolute atomic E-state index is 2.57. The molecule has 0 aromatic rings. The zero-order chi connectivity index (χ0) is 12.2. The zero-order valence-corrected chi connectivity index (χ0v) is 11.5. The van der Waals surface area contributed by atoms with Gasteiger partial charge in [0, 0.05) is 0 Å². The lowest BCUT2D eigenvalue weighted by Crippen LogP contribution is -2.33. The Labute approximate surface area is 111 Å². The van der Waals surface area contributed by atoms with E-state index in [1.165, 1.54) is 51.4 Å². The molecule has 4 aliphatic carbocycles. The summed E-state index contributed by atoms with van der Waals surface area (Å²) in [4.78, 5) is 0. The lowest BCUT2D eigenvalue weighted by molar-refractivity contribution is 0.210. The van der Waals surface area contributed by atoms with E-state index in [1.54, 1.807) is 16.7 Å². The van der Waals surface area contributed by atoms with Gasteiger partial charge in [0.05, 0.1) is 0 Å². The molecule has 0 amide bonds. The Balaban J connectivity index is 1.82. The third-order valence-electron chi connectivity index (χ3n) is 6.09. The molecule has 0 spiro atoms. The van der Waals surface area contributed by atoms with Gasteiger partial charge in [-0.25, -0.2) is 0 Å². The van der Waals surface area contributed by atoms with Crippen molar-refractivity contribution in [1.29, 1.82) is 0 Å². The van der Waals surface area contributed by atoms with Crippen LogP contribution in [0.15, 0.2) is 34.9 Å². The summed E-state index contributed by atoms with van der Waals surface area (Å²) in [7, 11) is 0. The van der Waals surface area contributed by atoms with Crippen LogP contribution in [-0.4, -0.2) is 0 Å². The van der Waals surface area contributed by atoms with E-state index in [0.29, 0.717) is 5.41 Å². The Hall–Kier alpha value is -0.780. The Kier molecular flexibility index (Phi) is 2.37. The molecule has 0 nitrogen and oxygen atoms in total. The highest BCUT2D eigenvalue weighted by molar-refractivity contribution is 5.47. The highest BCUT2D eigenvalue weighted by Gasteiger charge is 2.46. The maximum Gasteiger partial charge on any atom is -0.0109 e. The molecule has 0 heteroatoms. The Morgan fingerprint density at radius 2 is 2.11 bits per heavy atom. The molecular formula is C18H24. The van der Waals surface area contributed by atoms with Gasteiger partial charge >= 0.3 is 0 Å². The molecule has 0 bridgehead atoms. The molecule has 18 heavy (non-hydrogen) atoms. The number of hydrogen-bond acceptors (Lipinski definition) is 0. The van der Waals surface area contributed by atoms with Crippen molar-refractivity contribution in [2.24, 2.45) is 17.3 Å². The summed E-state index contributed by atoms with van der Waals surface area (Å²) in [6.45, 7) is 2.51. The third-order valence-corrected chi connectivity index (χ3v) is 6.09. The van der Waals surface area contributed by atoms with Crippen molar-refractivity contribution in [2.45, 2.75) is 58.3 Å². The van der Waals surface area contributed by atoms with Gasteiger partial charge in [0.25, 0.3) is 0 Å². The predicted octanol–water partition coefficient (Wildman–Crippen LogP) is 5.18. The van der Waals surface area contributed by atoms with Crippen LogP contribution in [0.25, 0.3) is 0 Å². The minimum absolute atomic E-state index is 0.532. The topological polar surface area (TPSA) is 0 Å². The highest BCUT2D eigenvalue weighted by Crippen LogP contribution is 2.57. The molecule has 0 saturated heterocycles.